The van der Waals surface area contributed by atoms with Gasteiger partial charge in [0.05, 0.1) is 11.3 Å². The minimum absolute atomic E-state index is 0.252. The van der Waals surface area contributed by atoms with E-state index < -0.39 is 12.2 Å². The van der Waals surface area contributed by atoms with Gasteiger partial charge in [-0.1, -0.05) is 73.6 Å². The summed E-state index contributed by atoms with van der Waals surface area (Å²) in [5.74, 6) is 0.701. The molecule has 5 rings (SSSR count). The SMILES string of the molecule is CCCCSc1nnc2c(n1)OC(c1c(OC(C)=O)ccc3ccccc13)N(C(C)=O)c1ccccc1-2. The van der Waals surface area contributed by atoms with Crippen LogP contribution in [0.1, 0.15) is 45.4 Å². The van der Waals surface area contributed by atoms with Crippen molar-refractivity contribution in [2.75, 3.05) is 10.7 Å². The van der Waals surface area contributed by atoms with E-state index in [4.69, 9.17) is 14.5 Å². The van der Waals surface area contributed by atoms with Gasteiger partial charge >= 0.3 is 5.97 Å². The first-order chi connectivity index (χ1) is 18.0. The van der Waals surface area contributed by atoms with Gasteiger partial charge in [0.15, 0.2) is 5.69 Å². The van der Waals surface area contributed by atoms with Crippen LogP contribution < -0.4 is 14.4 Å². The zero-order valence-electron chi connectivity index (χ0n) is 20.8. The molecule has 1 aromatic heterocycles. The molecule has 188 valence electrons. The Morgan fingerprint density at radius 1 is 1.03 bits per heavy atom. The molecular formula is C28H26N4O4S. The molecular weight excluding hydrogens is 488 g/mol. The fraction of sp³-hybridized carbons (Fsp3) is 0.250. The normalized spacial score (nSPS) is 14.4. The van der Waals surface area contributed by atoms with E-state index in [0.717, 1.165) is 29.4 Å². The Morgan fingerprint density at radius 2 is 1.81 bits per heavy atom. The predicted molar refractivity (Wildman–Crippen MR) is 143 cm³/mol. The van der Waals surface area contributed by atoms with Crippen molar-refractivity contribution in [2.45, 2.75) is 45.0 Å². The van der Waals surface area contributed by atoms with Crippen molar-refractivity contribution in [3.63, 3.8) is 0 Å². The van der Waals surface area contributed by atoms with Crippen LogP contribution in [0, 0.1) is 0 Å². The number of thioether (sulfide) groups is 1. The third-order valence-electron chi connectivity index (χ3n) is 6.01. The molecule has 1 atom stereocenters. The molecule has 0 spiro atoms. The van der Waals surface area contributed by atoms with E-state index in [1.807, 2.05) is 54.6 Å². The number of fused-ring (bicyclic) bond motifs is 4. The third kappa shape index (κ3) is 4.86. The Bertz CT molecular complexity index is 1490. The molecule has 8 nitrogen and oxygen atoms in total. The monoisotopic (exact) mass is 514 g/mol. The Labute approximate surface area is 219 Å². The number of unbranched alkanes of at least 4 members (excludes halogenated alkanes) is 1. The fourth-order valence-electron chi connectivity index (χ4n) is 4.38. The molecule has 1 unspecified atom stereocenters. The summed E-state index contributed by atoms with van der Waals surface area (Å²) in [5, 5.41) is 11.0. The van der Waals surface area contributed by atoms with Gasteiger partial charge < -0.3 is 9.47 Å². The van der Waals surface area contributed by atoms with E-state index in [-0.39, 0.29) is 11.8 Å². The van der Waals surface area contributed by atoms with Gasteiger partial charge in [-0.25, -0.2) is 0 Å². The highest BCUT2D eigenvalue weighted by molar-refractivity contribution is 7.99. The van der Waals surface area contributed by atoms with Gasteiger partial charge in [0.1, 0.15) is 5.75 Å². The van der Waals surface area contributed by atoms with Crippen LogP contribution in [0.25, 0.3) is 22.0 Å². The van der Waals surface area contributed by atoms with Crippen molar-refractivity contribution in [3.05, 3.63) is 66.2 Å². The Kier molecular flexibility index (Phi) is 7.05. The molecule has 0 fully saturated rings. The number of amides is 1. The van der Waals surface area contributed by atoms with Crippen LogP contribution in [0.15, 0.2) is 65.8 Å². The molecule has 0 N–H and O–H groups in total. The number of aromatic nitrogens is 3. The number of rotatable bonds is 6. The van der Waals surface area contributed by atoms with Crippen molar-refractivity contribution in [2.24, 2.45) is 0 Å². The quantitative estimate of drug-likeness (QED) is 0.135. The van der Waals surface area contributed by atoms with E-state index >= 15 is 0 Å². The van der Waals surface area contributed by atoms with Crippen molar-refractivity contribution in [1.29, 1.82) is 0 Å². The molecule has 3 aromatic carbocycles. The average Bonchev–Trinajstić information content (AvgIpc) is 3.02. The van der Waals surface area contributed by atoms with E-state index in [0.29, 0.717) is 33.4 Å². The van der Waals surface area contributed by atoms with E-state index in [1.54, 1.807) is 11.0 Å². The maximum Gasteiger partial charge on any atom is 0.308 e. The first-order valence-electron chi connectivity index (χ1n) is 12.1. The second-order valence-corrected chi connectivity index (χ2v) is 9.68. The number of hydrogen-bond donors (Lipinski definition) is 0. The van der Waals surface area contributed by atoms with Crippen molar-refractivity contribution in [3.8, 4) is 22.9 Å². The van der Waals surface area contributed by atoms with Gasteiger partial charge in [-0.2, -0.15) is 4.98 Å². The van der Waals surface area contributed by atoms with Crippen LogP contribution in [-0.2, 0) is 9.59 Å². The largest absolute Gasteiger partial charge is 0.447 e. The van der Waals surface area contributed by atoms with Crippen LogP contribution in [0.5, 0.6) is 11.6 Å². The Hall–Kier alpha value is -3.98. The summed E-state index contributed by atoms with van der Waals surface area (Å²) in [4.78, 5) is 31.6. The predicted octanol–water partition coefficient (Wildman–Crippen LogP) is 5.95. The van der Waals surface area contributed by atoms with Crippen molar-refractivity contribution in [1.82, 2.24) is 15.2 Å². The second-order valence-electron chi connectivity index (χ2n) is 8.62. The molecule has 1 aliphatic heterocycles. The molecule has 0 bridgehead atoms. The smallest absolute Gasteiger partial charge is 0.308 e. The maximum atomic E-state index is 13.2. The molecule has 37 heavy (non-hydrogen) atoms. The van der Waals surface area contributed by atoms with Crippen LogP contribution in [-0.4, -0.2) is 32.8 Å². The van der Waals surface area contributed by atoms with E-state index in [1.165, 1.54) is 25.6 Å². The maximum absolute atomic E-state index is 13.2. The van der Waals surface area contributed by atoms with Crippen LogP contribution in [0.2, 0.25) is 0 Å². The first-order valence-corrected chi connectivity index (χ1v) is 13.1. The first kappa shape index (κ1) is 24.7. The number of benzene rings is 3. The summed E-state index contributed by atoms with van der Waals surface area (Å²) in [7, 11) is 0. The number of carbonyl (C=O) groups is 2. The summed E-state index contributed by atoms with van der Waals surface area (Å²) < 4.78 is 12.2. The standard InChI is InChI=1S/C28H26N4O4S/c1-4-5-16-37-28-29-26-25(30-31-28)21-12-8-9-13-22(21)32(17(2)33)27(36-26)24-20-11-7-6-10-19(20)14-15-23(24)35-18(3)34/h6-15,27H,4-5,16H2,1-3H3. The molecule has 2 heterocycles. The van der Waals surface area contributed by atoms with Crippen molar-refractivity contribution >= 4 is 40.1 Å². The highest BCUT2D eigenvalue weighted by Crippen LogP contribution is 2.46. The van der Waals surface area contributed by atoms with Crippen LogP contribution >= 0.6 is 11.8 Å². The number of ether oxygens (including phenoxy) is 2. The third-order valence-corrected chi connectivity index (χ3v) is 6.94. The van der Waals surface area contributed by atoms with Gasteiger partial charge in [-0.3, -0.25) is 14.5 Å². The molecule has 0 saturated heterocycles. The summed E-state index contributed by atoms with van der Waals surface area (Å²) in [5.41, 5.74) is 2.26. The summed E-state index contributed by atoms with van der Waals surface area (Å²) in [6.45, 7) is 4.95. The van der Waals surface area contributed by atoms with Gasteiger partial charge in [-0.05, 0) is 29.3 Å². The fourth-order valence-corrected chi connectivity index (χ4v) is 5.25. The van der Waals surface area contributed by atoms with Gasteiger partial charge in [0.2, 0.25) is 23.2 Å². The highest BCUT2D eigenvalue weighted by Gasteiger charge is 2.37. The topological polar surface area (TPSA) is 94.5 Å². The molecule has 4 aromatic rings. The lowest BCUT2D eigenvalue weighted by Crippen LogP contribution is -2.36. The summed E-state index contributed by atoms with van der Waals surface area (Å²) >= 11 is 1.51. The highest BCUT2D eigenvalue weighted by atomic mass is 32.2. The second kappa shape index (κ2) is 10.6. The average molecular weight is 515 g/mol. The van der Waals surface area contributed by atoms with Gasteiger partial charge in [0, 0.05) is 25.2 Å². The Balaban J connectivity index is 1.76. The number of hydrogen-bond acceptors (Lipinski definition) is 8. The van der Waals surface area contributed by atoms with Gasteiger partial charge in [-0.15, -0.1) is 10.2 Å². The molecule has 0 saturated carbocycles. The minimum Gasteiger partial charge on any atom is -0.447 e. The number of anilines is 1. The van der Waals surface area contributed by atoms with E-state index in [2.05, 4.69) is 17.1 Å². The summed E-state index contributed by atoms with van der Waals surface area (Å²) in [6.07, 6.45) is 1.10. The number of esters is 1. The zero-order valence-corrected chi connectivity index (χ0v) is 21.6. The minimum atomic E-state index is -0.981. The number of nitrogens with zero attached hydrogens (tertiary/aromatic N) is 4. The number of carbonyl (C=O) groups excluding carboxylic acids is 2. The number of para-hydroxylation sites is 1. The summed E-state index contributed by atoms with van der Waals surface area (Å²) in [6, 6.07) is 18.7. The lowest BCUT2D eigenvalue weighted by molar-refractivity contribution is -0.131. The zero-order chi connectivity index (χ0) is 25.9. The lowest BCUT2D eigenvalue weighted by Gasteiger charge is -2.31. The molecule has 0 radical (unpaired) electrons. The van der Waals surface area contributed by atoms with Crippen LogP contribution in [0.3, 0.4) is 0 Å². The molecule has 1 amide bonds. The van der Waals surface area contributed by atoms with Gasteiger partial charge in [0.25, 0.3) is 0 Å². The van der Waals surface area contributed by atoms with Crippen molar-refractivity contribution < 1.29 is 19.1 Å². The molecule has 1 aliphatic rings. The Morgan fingerprint density at radius 3 is 2.59 bits per heavy atom. The van der Waals surface area contributed by atoms with E-state index in [9.17, 15) is 9.59 Å². The lowest BCUT2D eigenvalue weighted by atomic mass is 10.0. The molecule has 9 heteroatoms. The molecule has 0 aliphatic carbocycles. The van der Waals surface area contributed by atoms with Crippen LogP contribution in [0.4, 0.5) is 5.69 Å².